The topological polar surface area (TPSA) is 75.6 Å². The monoisotopic (exact) mass is 279 g/mol. The first-order chi connectivity index (χ1) is 7.99. The van der Waals surface area contributed by atoms with Crippen molar-refractivity contribution in [1.29, 1.82) is 0 Å². The van der Waals surface area contributed by atoms with Crippen LogP contribution in [0.5, 0.6) is 0 Å². The van der Waals surface area contributed by atoms with Gasteiger partial charge in [-0.05, 0) is 30.9 Å². The molecule has 1 aromatic heterocycles. The van der Waals surface area contributed by atoms with Gasteiger partial charge in [0.05, 0.1) is 12.7 Å². The fourth-order valence-corrected chi connectivity index (χ4v) is 3.58. The molecule has 1 rings (SSSR count). The SMILES string of the molecule is CCOC(C)CNS(=O)(=O)c1cc(CO)cs1. The second-order valence-corrected chi connectivity index (χ2v) is 6.45. The number of aliphatic hydroxyl groups excluding tert-OH is 1. The van der Waals surface area contributed by atoms with E-state index in [0.717, 1.165) is 11.3 Å². The Balaban J connectivity index is 2.62. The molecular formula is C10H17NO4S2. The van der Waals surface area contributed by atoms with Crippen LogP contribution in [0.15, 0.2) is 15.7 Å². The van der Waals surface area contributed by atoms with E-state index in [1.165, 1.54) is 6.07 Å². The van der Waals surface area contributed by atoms with Crippen LogP contribution in [0, 0.1) is 0 Å². The summed E-state index contributed by atoms with van der Waals surface area (Å²) in [4.78, 5) is 0. The minimum Gasteiger partial charge on any atom is -0.392 e. The molecule has 0 aliphatic rings. The highest BCUT2D eigenvalue weighted by Gasteiger charge is 2.17. The molecule has 0 fully saturated rings. The lowest BCUT2D eigenvalue weighted by molar-refractivity contribution is 0.0799. The maximum Gasteiger partial charge on any atom is 0.250 e. The summed E-state index contributed by atoms with van der Waals surface area (Å²) in [7, 11) is -3.49. The van der Waals surface area contributed by atoms with Crippen LogP contribution >= 0.6 is 11.3 Å². The van der Waals surface area contributed by atoms with Crippen LogP contribution in [0.4, 0.5) is 0 Å². The zero-order valence-corrected chi connectivity index (χ0v) is 11.5. The predicted octanol–water partition coefficient (Wildman–Crippen LogP) is 0.944. The van der Waals surface area contributed by atoms with Gasteiger partial charge in [0.1, 0.15) is 4.21 Å². The molecule has 17 heavy (non-hydrogen) atoms. The third-order valence-electron chi connectivity index (χ3n) is 2.09. The molecule has 1 heterocycles. The van der Waals surface area contributed by atoms with Crippen LogP contribution in [0.25, 0.3) is 0 Å². The molecule has 2 N–H and O–H groups in total. The minimum absolute atomic E-state index is 0.151. The van der Waals surface area contributed by atoms with Gasteiger partial charge in [-0.25, -0.2) is 13.1 Å². The second-order valence-electron chi connectivity index (χ2n) is 3.55. The van der Waals surface area contributed by atoms with Crippen molar-refractivity contribution in [1.82, 2.24) is 4.72 Å². The Morgan fingerprint density at radius 3 is 2.82 bits per heavy atom. The van der Waals surface area contributed by atoms with Crippen molar-refractivity contribution in [2.75, 3.05) is 13.2 Å². The number of aliphatic hydroxyl groups is 1. The molecule has 0 amide bonds. The Hall–Kier alpha value is -0.470. The molecule has 0 aliphatic heterocycles. The van der Waals surface area contributed by atoms with Gasteiger partial charge in [-0.1, -0.05) is 0 Å². The zero-order valence-electron chi connectivity index (χ0n) is 9.84. The van der Waals surface area contributed by atoms with Gasteiger partial charge in [0, 0.05) is 13.2 Å². The Morgan fingerprint density at radius 2 is 2.29 bits per heavy atom. The fourth-order valence-electron chi connectivity index (χ4n) is 1.22. The van der Waals surface area contributed by atoms with Crippen LogP contribution in [-0.2, 0) is 21.4 Å². The largest absolute Gasteiger partial charge is 0.392 e. The van der Waals surface area contributed by atoms with Gasteiger partial charge in [0.15, 0.2) is 0 Å². The smallest absolute Gasteiger partial charge is 0.250 e. The van der Waals surface area contributed by atoms with Crippen molar-refractivity contribution >= 4 is 21.4 Å². The summed E-state index contributed by atoms with van der Waals surface area (Å²) in [5.41, 5.74) is 0.605. The number of nitrogens with one attached hydrogen (secondary N) is 1. The molecule has 0 aliphatic carbocycles. The molecule has 0 spiro atoms. The Morgan fingerprint density at radius 1 is 1.59 bits per heavy atom. The van der Waals surface area contributed by atoms with E-state index < -0.39 is 10.0 Å². The van der Waals surface area contributed by atoms with Crippen molar-refractivity contribution < 1.29 is 18.3 Å². The normalized spacial score (nSPS) is 13.8. The number of hydrogen-bond acceptors (Lipinski definition) is 5. The van der Waals surface area contributed by atoms with Gasteiger partial charge >= 0.3 is 0 Å². The summed E-state index contributed by atoms with van der Waals surface area (Å²) < 4.78 is 31.6. The van der Waals surface area contributed by atoms with Gasteiger partial charge in [-0.2, -0.15) is 0 Å². The van der Waals surface area contributed by atoms with E-state index in [2.05, 4.69) is 4.72 Å². The van der Waals surface area contributed by atoms with E-state index in [1.807, 2.05) is 6.92 Å². The van der Waals surface area contributed by atoms with E-state index in [4.69, 9.17) is 9.84 Å². The lowest BCUT2D eigenvalue weighted by Crippen LogP contribution is -2.31. The molecule has 0 saturated heterocycles. The standard InChI is InChI=1S/C10H17NO4S2/c1-3-15-8(2)5-11-17(13,14)10-4-9(6-12)7-16-10/h4,7-8,11-12H,3,5-6H2,1-2H3. The molecular weight excluding hydrogens is 262 g/mol. The summed E-state index contributed by atoms with van der Waals surface area (Å²) >= 11 is 1.09. The van der Waals surface area contributed by atoms with Crippen LogP contribution in [0.3, 0.4) is 0 Å². The molecule has 1 atom stereocenters. The highest BCUT2D eigenvalue weighted by Crippen LogP contribution is 2.19. The first-order valence-corrected chi connectivity index (χ1v) is 7.65. The summed E-state index contributed by atoms with van der Waals surface area (Å²) in [5, 5.41) is 10.5. The van der Waals surface area contributed by atoms with Gasteiger partial charge in [0.2, 0.25) is 10.0 Å². The Bertz CT molecular complexity index is 441. The lowest BCUT2D eigenvalue weighted by Gasteiger charge is -2.12. The molecule has 1 aromatic rings. The number of rotatable bonds is 7. The summed E-state index contributed by atoms with van der Waals surface area (Å²) in [6.45, 7) is 4.30. The van der Waals surface area contributed by atoms with E-state index in [1.54, 1.807) is 12.3 Å². The highest BCUT2D eigenvalue weighted by atomic mass is 32.2. The summed E-state index contributed by atoms with van der Waals surface area (Å²) in [5.74, 6) is 0. The van der Waals surface area contributed by atoms with Crippen molar-refractivity contribution in [3.05, 3.63) is 17.0 Å². The second kappa shape index (κ2) is 6.46. The van der Waals surface area contributed by atoms with Gasteiger partial charge < -0.3 is 9.84 Å². The molecule has 1 unspecified atom stereocenters. The third kappa shape index (κ3) is 4.36. The summed E-state index contributed by atoms with van der Waals surface area (Å²) in [6, 6.07) is 1.47. The van der Waals surface area contributed by atoms with Crippen molar-refractivity contribution in [3.63, 3.8) is 0 Å². The van der Waals surface area contributed by atoms with Gasteiger partial charge in [-0.3, -0.25) is 0 Å². The van der Waals surface area contributed by atoms with E-state index in [-0.39, 0.29) is 23.5 Å². The zero-order chi connectivity index (χ0) is 12.9. The van der Waals surface area contributed by atoms with Gasteiger partial charge in [-0.15, -0.1) is 11.3 Å². The molecule has 0 saturated carbocycles. The van der Waals surface area contributed by atoms with Crippen molar-refractivity contribution in [3.8, 4) is 0 Å². The number of ether oxygens (including phenoxy) is 1. The lowest BCUT2D eigenvalue weighted by atomic mass is 10.4. The Kier molecular flexibility index (Phi) is 5.54. The van der Waals surface area contributed by atoms with Gasteiger partial charge in [0.25, 0.3) is 0 Å². The van der Waals surface area contributed by atoms with Crippen molar-refractivity contribution in [2.45, 2.75) is 30.8 Å². The van der Waals surface area contributed by atoms with Crippen LogP contribution in [-0.4, -0.2) is 32.8 Å². The van der Waals surface area contributed by atoms with E-state index in [9.17, 15) is 8.42 Å². The molecule has 0 aromatic carbocycles. The highest BCUT2D eigenvalue weighted by molar-refractivity contribution is 7.91. The van der Waals surface area contributed by atoms with Crippen LogP contribution < -0.4 is 4.72 Å². The fraction of sp³-hybridized carbons (Fsp3) is 0.600. The average Bonchev–Trinajstić information content (AvgIpc) is 2.76. The first kappa shape index (κ1) is 14.6. The van der Waals surface area contributed by atoms with E-state index >= 15 is 0 Å². The molecule has 5 nitrogen and oxygen atoms in total. The minimum atomic E-state index is -3.49. The van der Waals surface area contributed by atoms with Crippen LogP contribution in [0.2, 0.25) is 0 Å². The summed E-state index contributed by atoms with van der Waals surface area (Å²) in [6.07, 6.45) is -0.160. The van der Waals surface area contributed by atoms with Crippen molar-refractivity contribution in [2.24, 2.45) is 0 Å². The molecule has 7 heteroatoms. The maximum absolute atomic E-state index is 11.8. The average molecular weight is 279 g/mol. The molecule has 98 valence electrons. The third-order valence-corrected chi connectivity index (χ3v) is 5.00. The Labute approximate surface area is 105 Å². The quantitative estimate of drug-likeness (QED) is 0.779. The molecule has 0 bridgehead atoms. The predicted molar refractivity (Wildman–Crippen MR) is 66.5 cm³/mol. The van der Waals surface area contributed by atoms with Crippen LogP contribution in [0.1, 0.15) is 19.4 Å². The molecule has 0 radical (unpaired) electrons. The van der Waals surface area contributed by atoms with E-state index in [0.29, 0.717) is 12.2 Å². The number of hydrogen-bond donors (Lipinski definition) is 2. The first-order valence-electron chi connectivity index (χ1n) is 5.29. The maximum atomic E-state index is 11.8. The number of thiophene rings is 1. The number of sulfonamides is 1.